The minimum atomic E-state index is -2.08. The van der Waals surface area contributed by atoms with Crippen molar-refractivity contribution in [1.82, 2.24) is 0 Å². The molecule has 0 N–H and O–H groups in total. The summed E-state index contributed by atoms with van der Waals surface area (Å²) in [5, 5.41) is 0. The quantitative estimate of drug-likeness (QED) is 0.122. The van der Waals surface area contributed by atoms with Crippen LogP contribution in [0.5, 0.6) is 5.75 Å². The molecule has 1 fully saturated rings. The Labute approximate surface area is 248 Å². The molecule has 1 aromatic rings. The van der Waals surface area contributed by atoms with Gasteiger partial charge in [0.2, 0.25) is 6.29 Å². The van der Waals surface area contributed by atoms with Gasteiger partial charge in [0.1, 0.15) is 24.2 Å². The van der Waals surface area contributed by atoms with E-state index in [-0.39, 0.29) is 18.3 Å². The zero-order valence-electron chi connectivity index (χ0n) is 27.1. The summed E-state index contributed by atoms with van der Waals surface area (Å²) in [5.41, 5.74) is 0.617. The smallest absolute Gasteiger partial charge is 0.228 e. The van der Waals surface area contributed by atoms with Gasteiger partial charge in [-0.05, 0) is 85.6 Å². The van der Waals surface area contributed by atoms with Crippen LogP contribution in [0.4, 0.5) is 0 Å². The number of benzene rings is 1. The molecule has 0 bridgehead atoms. The SMILES string of the molecule is CC[Si](CC)(CC)O[C@@H]1[C@@H](O[Si](CC)(CC)CC)[C@H](C)O[C@@H](Oc2ccc(C=O)cc2)[C@@H]1O[Si](CC)(CC)CC. The maximum atomic E-state index is 11.2. The second-order valence-electron chi connectivity index (χ2n) is 11.5. The van der Waals surface area contributed by atoms with Crippen molar-refractivity contribution < 1.29 is 27.5 Å². The van der Waals surface area contributed by atoms with E-state index in [1.165, 1.54) is 0 Å². The highest BCUT2D eigenvalue weighted by atomic mass is 28.4. The lowest BCUT2D eigenvalue weighted by Crippen LogP contribution is -2.67. The first kappa shape index (κ1) is 35.4. The Bertz CT molecular complexity index is 846. The van der Waals surface area contributed by atoms with Crippen molar-refractivity contribution in [2.45, 2.75) is 154 Å². The molecular weight excluding hydrogens is 553 g/mol. The molecule has 1 aliphatic heterocycles. The molecule has 0 spiro atoms. The van der Waals surface area contributed by atoms with Crippen molar-refractivity contribution in [3.8, 4) is 5.75 Å². The summed E-state index contributed by atoms with van der Waals surface area (Å²) in [6.07, 6.45) is -0.854. The van der Waals surface area contributed by atoms with Crippen LogP contribution in [-0.4, -0.2) is 61.9 Å². The monoisotopic (exact) mass is 610 g/mol. The molecule has 0 amide bonds. The Morgan fingerprint density at radius 2 is 1.00 bits per heavy atom. The summed E-state index contributed by atoms with van der Waals surface area (Å²) < 4.78 is 35.3. The molecule has 0 saturated carbocycles. The van der Waals surface area contributed by atoms with Gasteiger partial charge >= 0.3 is 0 Å². The highest BCUT2D eigenvalue weighted by molar-refractivity contribution is 6.74. The average Bonchev–Trinajstić information content (AvgIpc) is 3.00. The maximum Gasteiger partial charge on any atom is 0.228 e. The summed E-state index contributed by atoms with van der Waals surface area (Å²) in [6, 6.07) is 16.7. The second-order valence-corrected chi connectivity index (χ2v) is 25.7. The molecule has 1 heterocycles. The van der Waals surface area contributed by atoms with Crippen molar-refractivity contribution in [3.05, 3.63) is 29.8 Å². The first-order valence-electron chi connectivity index (χ1n) is 16.0. The third-order valence-electron chi connectivity index (χ3n) is 9.95. The van der Waals surface area contributed by atoms with Crippen LogP contribution in [0.1, 0.15) is 79.6 Å². The van der Waals surface area contributed by atoms with Crippen LogP contribution in [0.3, 0.4) is 0 Å². The molecule has 40 heavy (non-hydrogen) atoms. The minimum Gasteiger partial charge on any atom is -0.462 e. The van der Waals surface area contributed by atoms with Crippen molar-refractivity contribution in [2.75, 3.05) is 0 Å². The van der Waals surface area contributed by atoms with E-state index < -0.39 is 37.3 Å². The van der Waals surface area contributed by atoms with Gasteiger partial charge in [-0.3, -0.25) is 4.79 Å². The second kappa shape index (κ2) is 16.1. The number of hydrogen-bond donors (Lipinski definition) is 0. The number of aldehydes is 1. The van der Waals surface area contributed by atoms with E-state index in [1.54, 1.807) is 12.1 Å². The Morgan fingerprint density at radius 1 is 0.625 bits per heavy atom. The van der Waals surface area contributed by atoms with Crippen LogP contribution in [-0.2, 0) is 18.0 Å². The highest BCUT2D eigenvalue weighted by Gasteiger charge is 2.54. The molecule has 6 nitrogen and oxygen atoms in total. The third-order valence-corrected chi connectivity index (χ3v) is 23.9. The van der Waals surface area contributed by atoms with Gasteiger partial charge in [-0.25, -0.2) is 0 Å². The Kier molecular flexibility index (Phi) is 14.3. The van der Waals surface area contributed by atoms with Crippen LogP contribution < -0.4 is 4.74 Å². The molecule has 0 aliphatic carbocycles. The molecule has 9 heteroatoms. The van der Waals surface area contributed by atoms with Gasteiger partial charge in [0.05, 0.1) is 12.2 Å². The van der Waals surface area contributed by atoms with E-state index in [1.807, 2.05) is 12.1 Å². The predicted octanol–water partition coefficient (Wildman–Crippen LogP) is 8.79. The summed E-state index contributed by atoms with van der Waals surface area (Å²) in [5.74, 6) is 0.663. The van der Waals surface area contributed by atoms with Gasteiger partial charge in [-0.1, -0.05) is 62.3 Å². The van der Waals surface area contributed by atoms with Crippen LogP contribution >= 0.6 is 0 Å². The largest absolute Gasteiger partial charge is 0.462 e. The van der Waals surface area contributed by atoms with Crippen LogP contribution in [0.15, 0.2) is 24.3 Å². The summed E-state index contributed by atoms with van der Waals surface area (Å²) >= 11 is 0. The molecule has 1 aromatic carbocycles. The number of ether oxygens (including phenoxy) is 2. The maximum absolute atomic E-state index is 11.2. The standard InChI is InChI=1S/C31H58O6Si3/c1-11-38(12-2,13-3)35-28-25(10)33-31(34-27-22-20-26(24-32)21-23-27)30(37-40(17-7,18-8)19-9)29(28)36-39(14-4,15-5)16-6/h20-25,28-31H,11-19H2,1-10H3/t25-,28-,29+,30+,31-/m0/s1. The van der Waals surface area contributed by atoms with Crippen molar-refractivity contribution in [3.63, 3.8) is 0 Å². The summed E-state index contributed by atoms with van der Waals surface area (Å²) in [7, 11) is -6.10. The molecule has 1 saturated heterocycles. The van der Waals surface area contributed by atoms with Crippen LogP contribution in [0, 0.1) is 0 Å². The zero-order chi connectivity index (χ0) is 30.0. The molecule has 0 radical (unpaired) electrons. The van der Waals surface area contributed by atoms with Gasteiger partial charge < -0.3 is 22.8 Å². The van der Waals surface area contributed by atoms with E-state index in [0.717, 1.165) is 60.7 Å². The van der Waals surface area contributed by atoms with Gasteiger partial charge in [0, 0.05) is 5.56 Å². The van der Waals surface area contributed by atoms with E-state index in [2.05, 4.69) is 69.2 Å². The van der Waals surface area contributed by atoms with E-state index in [0.29, 0.717) is 11.3 Å². The summed E-state index contributed by atoms with van der Waals surface area (Å²) in [6.45, 7) is 22.6. The topological polar surface area (TPSA) is 63.2 Å². The Balaban J connectivity index is 2.67. The fourth-order valence-electron chi connectivity index (χ4n) is 6.11. The lowest BCUT2D eigenvalue weighted by Gasteiger charge is -2.52. The first-order valence-corrected chi connectivity index (χ1v) is 23.6. The molecule has 0 aromatic heterocycles. The number of carbonyl (C=O) groups is 1. The number of hydrogen-bond acceptors (Lipinski definition) is 6. The predicted molar refractivity (Wildman–Crippen MR) is 173 cm³/mol. The molecule has 1 aliphatic rings. The van der Waals surface area contributed by atoms with Gasteiger partial charge in [-0.2, -0.15) is 0 Å². The third kappa shape index (κ3) is 8.17. The fourth-order valence-corrected chi connectivity index (χ4v) is 14.7. The van der Waals surface area contributed by atoms with Gasteiger partial charge in [0.15, 0.2) is 25.0 Å². The van der Waals surface area contributed by atoms with E-state index in [9.17, 15) is 4.79 Å². The summed E-state index contributed by atoms with van der Waals surface area (Å²) in [4.78, 5) is 11.2. The fraction of sp³-hybridized carbons (Fsp3) is 0.774. The number of carbonyl (C=O) groups excluding carboxylic acids is 1. The number of rotatable bonds is 18. The van der Waals surface area contributed by atoms with Gasteiger partial charge in [-0.15, -0.1) is 0 Å². The lowest BCUT2D eigenvalue weighted by atomic mass is 10.00. The van der Waals surface area contributed by atoms with Crippen molar-refractivity contribution in [2.24, 2.45) is 0 Å². The minimum absolute atomic E-state index is 0.206. The Morgan fingerprint density at radius 3 is 1.38 bits per heavy atom. The van der Waals surface area contributed by atoms with Gasteiger partial charge in [0.25, 0.3) is 0 Å². The van der Waals surface area contributed by atoms with E-state index >= 15 is 0 Å². The van der Waals surface area contributed by atoms with Crippen LogP contribution in [0.25, 0.3) is 0 Å². The average molecular weight is 611 g/mol. The highest BCUT2D eigenvalue weighted by Crippen LogP contribution is 2.39. The molecule has 5 atom stereocenters. The normalized spacial score (nSPS) is 24.2. The zero-order valence-corrected chi connectivity index (χ0v) is 30.1. The Hall–Kier alpha value is -0.819. The van der Waals surface area contributed by atoms with E-state index in [4.69, 9.17) is 22.8 Å². The molecular formula is C31H58O6Si3. The van der Waals surface area contributed by atoms with Crippen molar-refractivity contribution in [1.29, 1.82) is 0 Å². The molecule has 2 rings (SSSR count). The molecule has 0 unspecified atom stereocenters. The lowest BCUT2D eigenvalue weighted by molar-refractivity contribution is -0.257. The van der Waals surface area contributed by atoms with Crippen molar-refractivity contribution >= 4 is 31.2 Å². The first-order chi connectivity index (χ1) is 19.1. The molecule has 230 valence electrons. The van der Waals surface area contributed by atoms with Crippen LogP contribution in [0.2, 0.25) is 54.4 Å².